The van der Waals surface area contributed by atoms with E-state index in [4.69, 9.17) is 0 Å². The van der Waals surface area contributed by atoms with E-state index in [0.717, 1.165) is 6.54 Å². The summed E-state index contributed by atoms with van der Waals surface area (Å²) in [6, 6.07) is 19.4. The molecule has 0 bridgehead atoms. The van der Waals surface area contributed by atoms with Crippen molar-refractivity contribution in [1.29, 1.82) is 0 Å². The third-order valence-electron chi connectivity index (χ3n) is 4.02. The molecule has 2 nitrogen and oxygen atoms in total. The van der Waals surface area contributed by atoms with Crippen LogP contribution in [0.5, 0.6) is 0 Å². The molecule has 2 heteroatoms. The number of pyridine rings is 2. The van der Waals surface area contributed by atoms with Gasteiger partial charge in [0, 0.05) is 30.1 Å². The van der Waals surface area contributed by atoms with Crippen LogP contribution >= 0.6 is 0 Å². The lowest BCUT2D eigenvalue weighted by Crippen LogP contribution is -2.43. The van der Waals surface area contributed by atoms with Crippen molar-refractivity contribution in [2.45, 2.75) is 12.5 Å². The lowest BCUT2D eigenvalue weighted by atomic mass is 9.83. The van der Waals surface area contributed by atoms with Gasteiger partial charge in [0.2, 0.25) is 0 Å². The predicted molar refractivity (Wildman–Crippen MR) is 77.4 cm³/mol. The Bertz CT molecular complexity index is 705. The zero-order valence-electron chi connectivity index (χ0n) is 11.1. The molecule has 1 unspecified atom stereocenters. The number of hydrogen-bond acceptors (Lipinski definition) is 1. The maximum Gasteiger partial charge on any atom is 0.193 e. The molecule has 0 aliphatic carbocycles. The molecule has 0 saturated carbocycles. The molecule has 3 heterocycles. The van der Waals surface area contributed by atoms with Gasteiger partial charge in [0.1, 0.15) is 0 Å². The quantitative estimate of drug-likeness (QED) is 0.480. The van der Waals surface area contributed by atoms with E-state index in [1.807, 2.05) is 12.4 Å². The van der Waals surface area contributed by atoms with Gasteiger partial charge in [-0.15, -0.1) is 0 Å². The lowest BCUT2D eigenvalue weighted by Gasteiger charge is -2.23. The SMILES string of the molecule is c1ccc2c(c1)C[n+]1ccccc1C2c1ccncc1. The van der Waals surface area contributed by atoms with Gasteiger partial charge in [-0.1, -0.05) is 30.3 Å². The van der Waals surface area contributed by atoms with Gasteiger partial charge in [-0.3, -0.25) is 4.98 Å². The van der Waals surface area contributed by atoms with Crippen LogP contribution in [0, 0.1) is 0 Å². The molecule has 1 atom stereocenters. The molecule has 20 heavy (non-hydrogen) atoms. The molecular formula is C18H15N2+. The summed E-state index contributed by atoms with van der Waals surface area (Å²) in [5, 5.41) is 0. The average Bonchev–Trinajstić information content (AvgIpc) is 2.53. The largest absolute Gasteiger partial charge is 0.265 e. The molecule has 0 amide bonds. The average molecular weight is 259 g/mol. The second-order valence-electron chi connectivity index (χ2n) is 5.17. The monoisotopic (exact) mass is 259 g/mol. The Kier molecular flexibility index (Phi) is 2.59. The van der Waals surface area contributed by atoms with Crippen LogP contribution in [0.25, 0.3) is 0 Å². The summed E-state index contributed by atoms with van der Waals surface area (Å²) >= 11 is 0. The van der Waals surface area contributed by atoms with Crippen LogP contribution < -0.4 is 4.57 Å². The Morgan fingerprint density at radius 3 is 2.60 bits per heavy atom. The second kappa shape index (κ2) is 4.57. The second-order valence-corrected chi connectivity index (χ2v) is 5.17. The van der Waals surface area contributed by atoms with E-state index in [2.05, 4.69) is 70.3 Å². The molecule has 0 radical (unpaired) electrons. The summed E-state index contributed by atoms with van der Waals surface area (Å²) in [5.74, 6) is 0.296. The Labute approximate surface area is 118 Å². The van der Waals surface area contributed by atoms with Crippen LogP contribution in [0.15, 0.2) is 73.2 Å². The number of aromatic nitrogens is 2. The van der Waals surface area contributed by atoms with E-state index in [1.165, 1.54) is 22.4 Å². The summed E-state index contributed by atoms with van der Waals surface area (Å²) in [4.78, 5) is 4.15. The molecule has 1 aromatic carbocycles. The van der Waals surface area contributed by atoms with Gasteiger partial charge in [0.05, 0.1) is 5.92 Å². The Morgan fingerprint density at radius 1 is 0.900 bits per heavy atom. The zero-order chi connectivity index (χ0) is 13.4. The molecular weight excluding hydrogens is 244 g/mol. The Balaban J connectivity index is 1.98. The van der Waals surface area contributed by atoms with Crippen molar-refractivity contribution in [3.05, 3.63) is 95.6 Å². The molecule has 96 valence electrons. The minimum absolute atomic E-state index is 0.296. The number of hydrogen-bond donors (Lipinski definition) is 0. The first kappa shape index (κ1) is 11.4. The van der Waals surface area contributed by atoms with Crippen LogP contribution in [-0.2, 0) is 6.54 Å². The minimum Gasteiger partial charge on any atom is -0.265 e. The fourth-order valence-electron chi connectivity index (χ4n) is 3.10. The molecule has 0 spiro atoms. The number of nitrogens with zero attached hydrogens (tertiary/aromatic N) is 2. The third kappa shape index (κ3) is 1.73. The van der Waals surface area contributed by atoms with Crippen molar-refractivity contribution < 1.29 is 4.57 Å². The van der Waals surface area contributed by atoms with Gasteiger partial charge in [0.25, 0.3) is 0 Å². The summed E-state index contributed by atoms with van der Waals surface area (Å²) in [7, 11) is 0. The molecule has 0 N–H and O–H groups in total. The van der Waals surface area contributed by atoms with E-state index in [9.17, 15) is 0 Å². The summed E-state index contributed by atoms with van der Waals surface area (Å²) in [5.41, 5.74) is 5.45. The number of fused-ring (bicyclic) bond motifs is 2. The van der Waals surface area contributed by atoms with Crippen LogP contribution in [0.1, 0.15) is 28.3 Å². The van der Waals surface area contributed by atoms with Crippen molar-refractivity contribution in [3.8, 4) is 0 Å². The van der Waals surface area contributed by atoms with Crippen molar-refractivity contribution >= 4 is 0 Å². The van der Waals surface area contributed by atoms with Gasteiger partial charge in [-0.05, 0) is 23.3 Å². The first-order chi connectivity index (χ1) is 9.93. The van der Waals surface area contributed by atoms with E-state index in [-0.39, 0.29) is 0 Å². The smallest absolute Gasteiger partial charge is 0.193 e. The fourth-order valence-corrected chi connectivity index (χ4v) is 3.10. The van der Waals surface area contributed by atoms with Gasteiger partial charge in [-0.25, -0.2) is 0 Å². The van der Waals surface area contributed by atoms with E-state index >= 15 is 0 Å². The van der Waals surface area contributed by atoms with Crippen molar-refractivity contribution in [3.63, 3.8) is 0 Å². The first-order valence-corrected chi connectivity index (χ1v) is 6.89. The van der Waals surface area contributed by atoms with Gasteiger partial charge in [-0.2, -0.15) is 4.57 Å². The first-order valence-electron chi connectivity index (χ1n) is 6.89. The Morgan fingerprint density at radius 2 is 1.70 bits per heavy atom. The Hall–Kier alpha value is -2.48. The predicted octanol–water partition coefficient (Wildman–Crippen LogP) is 2.91. The summed E-state index contributed by atoms with van der Waals surface area (Å²) < 4.78 is 2.34. The molecule has 2 aromatic heterocycles. The molecule has 1 aliphatic heterocycles. The third-order valence-corrected chi connectivity index (χ3v) is 4.02. The van der Waals surface area contributed by atoms with Crippen LogP contribution in [0.4, 0.5) is 0 Å². The lowest BCUT2D eigenvalue weighted by molar-refractivity contribution is -0.698. The maximum absolute atomic E-state index is 4.15. The van der Waals surface area contributed by atoms with E-state index in [0.29, 0.717) is 5.92 Å². The molecule has 4 rings (SSSR count). The van der Waals surface area contributed by atoms with Gasteiger partial charge in [0.15, 0.2) is 18.4 Å². The zero-order valence-corrected chi connectivity index (χ0v) is 11.1. The molecule has 0 saturated heterocycles. The number of rotatable bonds is 1. The summed E-state index contributed by atoms with van der Waals surface area (Å²) in [6.45, 7) is 0.952. The number of benzene rings is 1. The fraction of sp³-hybridized carbons (Fsp3) is 0.111. The van der Waals surface area contributed by atoms with E-state index < -0.39 is 0 Å². The van der Waals surface area contributed by atoms with Crippen LogP contribution in [0.3, 0.4) is 0 Å². The standard InChI is InChI=1S/C18H15N2/c1-2-6-16-15(5-1)13-20-12-4-3-7-17(20)18(16)14-8-10-19-11-9-14/h1-12,18H,13H2/q+1. The van der Waals surface area contributed by atoms with Crippen molar-refractivity contribution in [2.75, 3.05) is 0 Å². The molecule has 1 aliphatic rings. The highest BCUT2D eigenvalue weighted by atomic mass is 15.0. The van der Waals surface area contributed by atoms with Crippen LogP contribution in [-0.4, -0.2) is 4.98 Å². The van der Waals surface area contributed by atoms with Gasteiger partial charge < -0.3 is 0 Å². The molecule has 0 fully saturated rings. The van der Waals surface area contributed by atoms with E-state index in [1.54, 1.807) is 0 Å². The highest BCUT2D eigenvalue weighted by Crippen LogP contribution is 2.34. The highest BCUT2D eigenvalue weighted by molar-refractivity contribution is 5.43. The maximum atomic E-state index is 4.15. The normalized spacial score (nSPS) is 16.3. The topological polar surface area (TPSA) is 16.8 Å². The van der Waals surface area contributed by atoms with Crippen LogP contribution in [0.2, 0.25) is 0 Å². The van der Waals surface area contributed by atoms with Crippen molar-refractivity contribution in [1.82, 2.24) is 4.98 Å². The van der Waals surface area contributed by atoms with Crippen molar-refractivity contribution in [2.24, 2.45) is 0 Å². The van der Waals surface area contributed by atoms with Gasteiger partial charge >= 0.3 is 0 Å². The minimum atomic E-state index is 0.296. The summed E-state index contributed by atoms with van der Waals surface area (Å²) in [6.07, 6.45) is 5.92. The molecule has 3 aromatic rings. The highest BCUT2D eigenvalue weighted by Gasteiger charge is 2.31.